The van der Waals surface area contributed by atoms with Gasteiger partial charge in [-0.25, -0.2) is 4.98 Å². The van der Waals surface area contributed by atoms with Crippen molar-refractivity contribution in [3.05, 3.63) is 66.0 Å². The first kappa shape index (κ1) is 21.1. The van der Waals surface area contributed by atoms with Crippen LogP contribution in [0.1, 0.15) is 56.8 Å². The summed E-state index contributed by atoms with van der Waals surface area (Å²) in [4.78, 5) is 16.4. The Balaban J connectivity index is 1.52. The quantitative estimate of drug-likeness (QED) is 0.426. The SMILES string of the molecule is CCCC(=O)NCCCCCc1nc2ccccc2n1CCCc1ccccc1. The molecule has 154 valence electrons. The average molecular weight is 392 g/mol. The molecule has 4 heteroatoms. The first-order valence-corrected chi connectivity index (χ1v) is 11.0. The van der Waals surface area contributed by atoms with Crippen molar-refractivity contribution in [3.63, 3.8) is 0 Å². The number of imidazole rings is 1. The molecule has 0 unspecified atom stereocenters. The summed E-state index contributed by atoms with van der Waals surface area (Å²) in [6.07, 6.45) is 7.97. The van der Waals surface area contributed by atoms with Crippen LogP contribution in [0.5, 0.6) is 0 Å². The van der Waals surface area contributed by atoms with Gasteiger partial charge in [-0.1, -0.05) is 55.8 Å². The zero-order valence-electron chi connectivity index (χ0n) is 17.6. The topological polar surface area (TPSA) is 46.9 Å². The largest absolute Gasteiger partial charge is 0.356 e. The number of aryl methyl sites for hydroxylation is 3. The van der Waals surface area contributed by atoms with E-state index >= 15 is 0 Å². The molecule has 1 amide bonds. The summed E-state index contributed by atoms with van der Waals surface area (Å²) in [6.45, 7) is 3.82. The van der Waals surface area contributed by atoms with Gasteiger partial charge in [0, 0.05) is 25.9 Å². The number of hydrogen-bond donors (Lipinski definition) is 1. The van der Waals surface area contributed by atoms with Crippen molar-refractivity contribution in [2.75, 3.05) is 6.54 Å². The van der Waals surface area contributed by atoms with Crippen LogP contribution in [0.4, 0.5) is 0 Å². The molecule has 0 aliphatic rings. The highest BCUT2D eigenvalue weighted by molar-refractivity contribution is 5.76. The summed E-state index contributed by atoms with van der Waals surface area (Å²) in [5.41, 5.74) is 3.72. The van der Waals surface area contributed by atoms with E-state index in [-0.39, 0.29) is 5.91 Å². The van der Waals surface area contributed by atoms with Gasteiger partial charge in [-0.3, -0.25) is 4.79 Å². The summed E-state index contributed by atoms with van der Waals surface area (Å²) in [5.74, 6) is 1.36. The number of amides is 1. The first-order chi connectivity index (χ1) is 14.3. The lowest BCUT2D eigenvalue weighted by Gasteiger charge is -2.10. The fourth-order valence-electron chi connectivity index (χ4n) is 3.78. The molecule has 0 spiro atoms. The highest BCUT2D eigenvalue weighted by Crippen LogP contribution is 2.19. The minimum atomic E-state index is 0.174. The van der Waals surface area contributed by atoms with Crippen molar-refractivity contribution in [2.45, 2.75) is 64.8 Å². The Hall–Kier alpha value is -2.62. The van der Waals surface area contributed by atoms with E-state index in [4.69, 9.17) is 4.98 Å². The molecule has 3 rings (SSSR count). The Kier molecular flexibility index (Phi) is 8.29. The van der Waals surface area contributed by atoms with Crippen LogP contribution in [0.2, 0.25) is 0 Å². The fraction of sp³-hybridized carbons (Fsp3) is 0.440. The van der Waals surface area contributed by atoms with Crippen LogP contribution in [-0.4, -0.2) is 22.0 Å². The van der Waals surface area contributed by atoms with Gasteiger partial charge < -0.3 is 9.88 Å². The standard InChI is InChI=1S/C25H33N3O/c1-2-12-25(29)26-19-10-4-7-18-24-27-22-16-8-9-17-23(22)28(24)20-11-15-21-13-5-3-6-14-21/h3,5-6,8-9,13-14,16-17H,2,4,7,10-12,15,18-20H2,1H3,(H,26,29). The molecule has 0 saturated heterocycles. The van der Waals surface area contributed by atoms with E-state index in [1.165, 1.54) is 16.9 Å². The molecule has 4 nitrogen and oxygen atoms in total. The van der Waals surface area contributed by atoms with Crippen LogP contribution in [0.15, 0.2) is 54.6 Å². The van der Waals surface area contributed by atoms with Gasteiger partial charge in [-0.05, 0) is 49.8 Å². The molecular formula is C25H33N3O. The van der Waals surface area contributed by atoms with Gasteiger partial charge in [-0.15, -0.1) is 0 Å². The van der Waals surface area contributed by atoms with Gasteiger partial charge in [0.25, 0.3) is 0 Å². The molecule has 2 aromatic carbocycles. The Morgan fingerprint density at radius 2 is 1.72 bits per heavy atom. The molecule has 0 aliphatic carbocycles. The average Bonchev–Trinajstić information content (AvgIpc) is 3.09. The lowest BCUT2D eigenvalue weighted by atomic mass is 10.1. The number of nitrogens with one attached hydrogen (secondary N) is 1. The van der Waals surface area contributed by atoms with Crippen molar-refractivity contribution < 1.29 is 4.79 Å². The van der Waals surface area contributed by atoms with Crippen LogP contribution in [0.3, 0.4) is 0 Å². The lowest BCUT2D eigenvalue weighted by molar-refractivity contribution is -0.121. The maximum atomic E-state index is 11.5. The summed E-state index contributed by atoms with van der Waals surface area (Å²) < 4.78 is 2.40. The zero-order chi connectivity index (χ0) is 20.3. The zero-order valence-corrected chi connectivity index (χ0v) is 17.6. The van der Waals surface area contributed by atoms with Crippen LogP contribution in [-0.2, 0) is 24.2 Å². The maximum Gasteiger partial charge on any atom is 0.219 e. The first-order valence-electron chi connectivity index (χ1n) is 11.0. The van der Waals surface area contributed by atoms with Gasteiger partial charge in [0.2, 0.25) is 5.91 Å². The van der Waals surface area contributed by atoms with E-state index in [2.05, 4.69) is 64.5 Å². The van der Waals surface area contributed by atoms with E-state index < -0.39 is 0 Å². The number of aromatic nitrogens is 2. The molecule has 0 fully saturated rings. The molecular weight excluding hydrogens is 358 g/mol. The molecule has 0 atom stereocenters. The molecule has 1 heterocycles. The molecule has 0 radical (unpaired) electrons. The molecule has 3 aromatic rings. The Bertz CT molecular complexity index is 885. The van der Waals surface area contributed by atoms with Gasteiger partial charge in [0.15, 0.2) is 0 Å². The van der Waals surface area contributed by atoms with E-state index in [0.717, 1.165) is 63.6 Å². The molecule has 0 aliphatic heterocycles. The summed E-state index contributed by atoms with van der Waals surface area (Å²) >= 11 is 0. The van der Waals surface area contributed by atoms with Crippen molar-refractivity contribution in [1.82, 2.24) is 14.9 Å². The van der Waals surface area contributed by atoms with Crippen molar-refractivity contribution in [1.29, 1.82) is 0 Å². The molecule has 1 aromatic heterocycles. The van der Waals surface area contributed by atoms with E-state index in [0.29, 0.717) is 6.42 Å². The number of rotatable bonds is 12. The van der Waals surface area contributed by atoms with E-state index in [1.54, 1.807) is 0 Å². The smallest absolute Gasteiger partial charge is 0.219 e. The Morgan fingerprint density at radius 1 is 0.931 bits per heavy atom. The highest BCUT2D eigenvalue weighted by Gasteiger charge is 2.10. The van der Waals surface area contributed by atoms with Crippen LogP contribution in [0, 0.1) is 0 Å². The molecule has 0 bridgehead atoms. The van der Waals surface area contributed by atoms with Crippen molar-refractivity contribution in [2.24, 2.45) is 0 Å². The number of benzene rings is 2. The van der Waals surface area contributed by atoms with Gasteiger partial charge >= 0.3 is 0 Å². The van der Waals surface area contributed by atoms with Gasteiger partial charge in [0.05, 0.1) is 11.0 Å². The minimum absolute atomic E-state index is 0.174. The van der Waals surface area contributed by atoms with E-state index in [1.807, 2.05) is 6.92 Å². The van der Waals surface area contributed by atoms with E-state index in [9.17, 15) is 4.79 Å². The van der Waals surface area contributed by atoms with Crippen LogP contribution in [0.25, 0.3) is 11.0 Å². The summed E-state index contributed by atoms with van der Waals surface area (Å²) in [5, 5.41) is 3.00. The molecule has 0 saturated carbocycles. The number of unbranched alkanes of at least 4 members (excludes halogenated alkanes) is 2. The minimum Gasteiger partial charge on any atom is -0.356 e. The Labute approximate surface area is 174 Å². The van der Waals surface area contributed by atoms with Gasteiger partial charge in [-0.2, -0.15) is 0 Å². The third-order valence-electron chi connectivity index (χ3n) is 5.30. The van der Waals surface area contributed by atoms with Crippen LogP contribution >= 0.6 is 0 Å². The normalized spacial score (nSPS) is 11.1. The number of carbonyl (C=O) groups excluding carboxylic acids is 1. The molecule has 1 N–H and O–H groups in total. The predicted molar refractivity (Wildman–Crippen MR) is 120 cm³/mol. The second-order valence-electron chi connectivity index (χ2n) is 7.67. The van der Waals surface area contributed by atoms with Crippen molar-refractivity contribution in [3.8, 4) is 0 Å². The van der Waals surface area contributed by atoms with Crippen molar-refractivity contribution >= 4 is 16.9 Å². The predicted octanol–water partition coefficient (Wildman–Crippen LogP) is 5.30. The van der Waals surface area contributed by atoms with Gasteiger partial charge in [0.1, 0.15) is 5.82 Å². The molecule has 29 heavy (non-hydrogen) atoms. The fourth-order valence-corrected chi connectivity index (χ4v) is 3.78. The second kappa shape index (κ2) is 11.4. The number of nitrogens with zero attached hydrogens (tertiary/aromatic N) is 2. The number of fused-ring (bicyclic) bond motifs is 1. The van der Waals surface area contributed by atoms with Crippen LogP contribution < -0.4 is 5.32 Å². The lowest BCUT2D eigenvalue weighted by Crippen LogP contribution is -2.23. The summed E-state index contributed by atoms with van der Waals surface area (Å²) in [7, 11) is 0. The third kappa shape index (κ3) is 6.45. The maximum absolute atomic E-state index is 11.5. The summed E-state index contributed by atoms with van der Waals surface area (Å²) in [6, 6.07) is 19.1. The third-order valence-corrected chi connectivity index (χ3v) is 5.30. The number of carbonyl (C=O) groups is 1. The highest BCUT2D eigenvalue weighted by atomic mass is 16.1. The number of para-hydroxylation sites is 2. The number of hydrogen-bond acceptors (Lipinski definition) is 2. The Morgan fingerprint density at radius 3 is 2.55 bits per heavy atom. The monoisotopic (exact) mass is 391 g/mol. The second-order valence-corrected chi connectivity index (χ2v) is 7.67.